The minimum absolute atomic E-state index is 0.000828. The van der Waals surface area contributed by atoms with Crippen LogP contribution in [0.5, 0.6) is 0 Å². The van der Waals surface area contributed by atoms with E-state index < -0.39 is 23.9 Å². The summed E-state index contributed by atoms with van der Waals surface area (Å²) in [6, 6.07) is 5.41. The van der Waals surface area contributed by atoms with Gasteiger partial charge in [0.1, 0.15) is 11.6 Å². The van der Waals surface area contributed by atoms with Gasteiger partial charge in [-0.25, -0.2) is 9.07 Å². The van der Waals surface area contributed by atoms with E-state index in [2.05, 4.69) is 10.4 Å². The Bertz CT molecular complexity index is 979. The van der Waals surface area contributed by atoms with Crippen molar-refractivity contribution in [2.75, 3.05) is 18.4 Å². The molecule has 1 aromatic heterocycles. The van der Waals surface area contributed by atoms with Gasteiger partial charge in [-0.15, -0.1) is 0 Å². The van der Waals surface area contributed by atoms with Gasteiger partial charge >= 0.3 is 6.18 Å². The number of benzene rings is 1. The van der Waals surface area contributed by atoms with Crippen molar-refractivity contribution >= 4 is 11.7 Å². The van der Waals surface area contributed by atoms with Crippen LogP contribution < -0.4 is 5.32 Å². The lowest BCUT2D eigenvalue weighted by Gasteiger charge is -2.39. The van der Waals surface area contributed by atoms with Crippen LogP contribution >= 0.6 is 0 Å². The number of nitrogens with one attached hydrogen (secondary N) is 1. The Kier molecular flexibility index (Phi) is 5.26. The van der Waals surface area contributed by atoms with Gasteiger partial charge in [-0.1, -0.05) is 32.9 Å². The van der Waals surface area contributed by atoms with Crippen molar-refractivity contribution in [1.29, 1.82) is 0 Å². The van der Waals surface area contributed by atoms with Crippen LogP contribution in [-0.4, -0.2) is 45.9 Å². The van der Waals surface area contributed by atoms with Gasteiger partial charge in [0.05, 0.1) is 11.3 Å². The highest BCUT2D eigenvalue weighted by Crippen LogP contribution is 2.44. The number of likely N-dealkylation sites (tertiary alicyclic amines) is 1. The van der Waals surface area contributed by atoms with Crippen LogP contribution in [0, 0.1) is 11.2 Å². The largest absolute Gasteiger partial charge is 0.410 e. The highest BCUT2D eigenvalue weighted by molar-refractivity contribution is 5.94. The van der Waals surface area contributed by atoms with Crippen molar-refractivity contribution in [3.63, 3.8) is 0 Å². The normalized spacial score (nSPS) is 24.1. The second kappa shape index (κ2) is 7.53. The second-order valence-corrected chi connectivity index (χ2v) is 9.47. The van der Waals surface area contributed by atoms with Crippen molar-refractivity contribution in [3.8, 4) is 0 Å². The molecule has 0 spiro atoms. The zero-order chi connectivity index (χ0) is 22.6. The van der Waals surface area contributed by atoms with Crippen LogP contribution in [0.4, 0.5) is 23.4 Å². The number of hydrogen-bond acceptors (Lipinski definition) is 3. The van der Waals surface area contributed by atoms with E-state index in [-0.39, 0.29) is 29.4 Å². The fourth-order valence-electron chi connectivity index (χ4n) is 4.35. The molecule has 3 heterocycles. The molecule has 168 valence electrons. The Hall–Kier alpha value is -2.58. The summed E-state index contributed by atoms with van der Waals surface area (Å²) in [5.41, 5.74) is 0.171. The first kappa shape index (κ1) is 21.6. The highest BCUT2D eigenvalue weighted by atomic mass is 19.4. The summed E-state index contributed by atoms with van der Waals surface area (Å²) < 4.78 is 56.4. The predicted molar refractivity (Wildman–Crippen MR) is 108 cm³/mol. The molecule has 2 aliphatic heterocycles. The number of amides is 1. The maximum absolute atomic E-state index is 14.0. The SMILES string of the molecule is CC(C)(C)[C@@H]1C[C@@H](C(F)(F)F)n2nc([C@@H]3CCN(C(=O)c4ccccc4F)C3)cc2N1. The fraction of sp³-hybridized carbons (Fsp3) is 0.545. The van der Waals surface area contributed by atoms with Crippen LogP contribution in [0.15, 0.2) is 30.3 Å². The third-order valence-corrected chi connectivity index (χ3v) is 6.25. The summed E-state index contributed by atoms with van der Waals surface area (Å²) in [5.74, 6) is -0.845. The molecule has 0 bridgehead atoms. The molecular formula is C22H26F4N4O. The molecule has 1 saturated heterocycles. The Morgan fingerprint density at radius 1 is 1.19 bits per heavy atom. The summed E-state index contributed by atoms with van der Waals surface area (Å²) in [6.07, 6.45) is -3.94. The van der Waals surface area contributed by atoms with Gasteiger partial charge in [0.2, 0.25) is 0 Å². The summed E-state index contributed by atoms with van der Waals surface area (Å²) in [7, 11) is 0. The van der Waals surface area contributed by atoms with Crippen LogP contribution in [0.2, 0.25) is 0 Å². The van der Waals surface area contributed by atoms with Gasteiger partial charge in [0.25, 0.3) is 5.91 Å². The van der Waals surface area contributed by atoms with Crippen LogP contribution in [0.1, 0.15) is 61.6 Å². The zero-order valence-electron chi connectivity index (χ0n) is 17.7. The zero-order valence-corrected chi connectivity index (χ0v) is 17.7. The monoisotopic (exact) mass is 438 g/mol. The second-order valence-electron chi connectivity index (χ2n) is 9.47. The number of aromatic nitrogens is 2. The molecule has 3 atom stereocenters. The molecule has 2 aliphatic rings. The van der Waals surface area contributed by atoms with E-state index in [0.29, 0.717) is 31.0 Å². The smallest absolute Gasteiger partial charge is 0.367 e. The third-order valence-electron chi connectivity index (χ3n) is 6.25. The summed E-state index contributed by atoms with van der Waals surface area (Å²) in [6.45, 7) is 6.43. The molecule has 9 heteroatoms. The average molecular weight is 438 g/mol. The van der Waals surface area contributed by atoms with Gasteiger partial charge < -0.3 is 10.2 Å². The number of hydrogen-bond donors (Lipinski definition) is 1. The molecule has 4 rings (SSSR count). The first-order chi connectivity index (χ1) is 14.4. The molecule has 0 unspecified atom stereocenters. The van der Waals surface area contributed by atoms with E-state index in [1.165, 1.54) is 23.1 Å². The first-order valence-corrected chi connectivity index (χ1v) is 10.4. The number of carbonyl (C=O) groups is 1. The number of nitrogens with zero attached hydrogens (tertiary/aromatic N) is 3. The topological polar surface area (TPSA) is 50.2 Å². The van der Waals surface area contributed by atoms with Gasteiger partial charge in [0, 0.05) is 31.1 Å². The maximum Gasteiger partial charge on any atom is 0.410 e. The number of anilines is 1. The number of halogens is 4. The van der Waals surface area contributed by atoms with Crippen molar-refractivity contribution < 1.29 is 22.4 Å². The summed E-state index contributed by atoms with van der Waals surface area (Å²) in [4.78, 5) is 14.2. The molecule has 1 aromatic carbocycles. The molecule has 0 saturated carbocycles. The molecular weight excluding hydrogens is 412 g/mol. The molecule has 31 heavy (non-hydrogen) atoms. The van der Waals surface area contributed by atoms with Crippen molar-refractivity contribution in [2.24, 2.45) is 5.41 Å². The van der Waals surface area contributed by atoms with E-state index in [1.807, 2.05) is 20.8 Å². The molecule has 5 nitrogen and oxygen atoms in total. The Balaban J connectivity index is 1.57. The predicted octanol–water partition coefficient (Wildman–Crippen LogP) is 4.99. The molecule has 0 radical (unpaired) electrons. The van der Waals surface area contributed by atoms with Gasteiger partial charge in [-0.05, 0) is 30.4 Å². The Morgan fingerprint density at radius 2 is 1.90 bits per heavy atom. The number of alkyl halides is 3. The van der Waals surface area contributed by atoms with E-state index in [9.17, 15) is 22.4 Å². The lowest BCUT2D eigenvalue weighted by molar-refractivity contribution is -0.175. The number of carbonyl (C=O) groups excluding carboxylic acids is 1. The van der Waals surface area contributed by atoms with Gasteiger partial charge in [0.15, 0.2) is 6.04 Å². The first-order valence-electron chi connectivity index (χ1n) is 10.4. The van der Waals surface area contributed by atoms with Crippen molar-refractivity contribution in [2.45, 2.75) is 57.8 Å². The lowest BCUT2D eigenvalue weighted by Crippen LogP contribution is -2.44. The average Bonchev–Trinajstić information content (AvgIpc) is 3.32. The molecule has 0 aliphatic carbocycles. The molecule has 2 aromatic rings. The summed E-state index contributed by atoms with van der Waals surface area (Å²) in [5, 5.41) is 7.52. The van der Waals surface area contributed by atoms with Crippen molar-refractivity contribution in [1.82, 2.24) is 14.7 Å². The Labute approximate surface area is 178 Å². The minimum Gasteiger partial charge on any atom is -0.367 e. The summed E-state index contributed by atoms with van der Waals surface area (Å²) >= 11 is 0. The van der Waals surface area contributed by atoms with Gasteiger partial charge in [-0.3, -0.25) is 4.79 Å². The third kappa shape index (κ3) is 4.14. The van der Waals surface area contributed by atoms with E-state index in [4.69, 9.17) is 0 Å². The quantitative estimate of drug-likeness (QED) is 0.673. The fourth-order valence-corrected chi connectivity index (χ4v) is 4.35. The Morgan fingerprint density at radius 3 is 2.55 bits per heavy atom. The molecule has 1 fully saturated rings. The van der Waals surface area contributed by atoms with Crippen LogP contribution in [0.3, 0.4) is 0 Å². The lowest BCUT2D eigenvalue weighted by atomic mass is 9.82. The van der Waals surface area contributed by atoms with Crippen LogP contribution in [-0.2, 0) is 0 Å². The van der Waals surface area contributed by atoms with Gasteiger partial charge in [-0.2, -0.15) is 18.3 Å². The van der Waals surface area contributed by atoms with E-state index in [0.717, 1.165) is 4.68 Å². The van der Waals surface area contributed by atoms with Crippen LogP contribution in [0.25, 0.3) is 0 Å². The standard InChI is InChI=1S/C22H26F4N4O/c1-21(2,3)17-11-18(22(24,25)26)30-19(27-17)10-16(28-30)13-8-9-29(12-13)20(31)14-6-4-5-7-15(14)23/h4-7,10,13,17-18,27H,8-9,11-12H2,1-3H3/t13-,17+,18+/m1/s1. The number of fused-ring (bicyclic) bond motifs is 1. The number of rotatable bonds is 2. The van der Waals surface area contributed by atoms with E-state index in [1.54, 1.807) is 12.1 Å². The highest BCUT2D eigenvalue weighted by Gasteiger charge is 2.48. The molecule has 1 N–H and O–H groups in total. The molecule has 1 amide bonds. The minimum atomic E-state index is -4.41. The van der Waals surface area contributed by atoms with E-state index >= 15 is 0 Å². The van der Waals surface area contributed by atoms with Crippen molar-refractivity contribution in [3.05, 3.63) is 47.4 Å². The maximum atomic E-state index is 14.0.